The van der Waals surface area contributed by atoms with E-state index in [0.717, 1.165) is 16.0 Å². The SMILES string of the molecule is C=CCOc1cccc([C@H]2C(=C(O)c3ccc4c(c3)C[C@@H](C)O4)C(=O)C(=O)N2c2nc3ccc(OC)cc3s2)c1. The highest BCUT2D eigenvalue weighted by Crippen LogP contribution is 2.45. The van der Waals surface area contributed by atoms with Gasteiger partial charge in [0.2, 0.25) is 0 Å². The summed E-state index contributed by atoms with van der Waals surface area (Å²) in [5, 5.41) is 11.9. The number of anilines is 1. The molecule has 0 bridgehead atoms. The first-order chi connectivity index (χ1) is 19.4. The largest absolute Gasteiger partial charge is 0.507 e. The minimum atomic E-state index is -0.932. The van der Waals surface area contributed by atoms with Gasteiger partial charge in [-0.2, -0.15) is 0 Å². The molecule has 9 heteroatoms. The van der Waals surface area contributed by atoms with E-state index in [4.69, 9.17) is 14.2 Å². The Bertz CT molecular complexity index is 1710. The molecule has 3 heterocycles. The number of methoxy groups -OCH3 is 1. The van der Waals surface area contributed by atoms with Crippen LogP contribution in [-0.2, 0) is 16.0 Å². The zero-order valence-electron chi connectivity index (χ0n) is 21.9. The molecule has 6 rings (SSSR count). The molecule has 2 atom stereocenters. The standard InChI is InChI=1S/C31H26N2O6S/c1-4-12-38-22-7-5-6-18(15-22)27-26(28(34)19-8-11-24-20(14-19)13-17(2)39-24)29(35)30(36)33(27)31-32-23-10-9-21(37-3)16-25(23)40-31/h4-11,14-17,27,34H,1,12-13H2,2-3H3/t17-,27+/m1/s1. The Hall–Kier alpha value is -4.63. The predicted molar refractivity (Wildman–Crippen MR) is 153 cm³/mol. The first-order valence-electron chi connectivity index (χ1n) is 12.8. The van der Waals surface area contributed by atoms with Crippen molar-refractivity contribution in [2.24, 2.45) is 0 Å². The maximum atomic E-state index is 13.6. The highest BCUT2D eigenvalue weighted by atomic mass is 32.1. The number of aliphatic hydroxyl groups excluding tert-OH is 1. The molecule has 202 valence electrons. The molecule has 40 heavy (non-hydrogen) atoms. The maximum absolute atomic E-state index is 13.6. The van der Waals surface area contributed by atoms with Gasteiger partial charge in [-0.15, -0.1) is 0 Å². The molecule has 0 aliphatic carbocycles. The van der Waals surface area contributed by atoms with Gasteiger partial charge in [-0.25, -0.2) is 4.98 Å². The Morgan fingerprint density at radius 2 is 2.02 bits per heavy atom. The van der Waals surface area contributed by atoms with Crippen LogP contribution in [0.3, 0.4) is 0 Å². The van der Waals surface area contributed by atoms with E-state index in [1.807, 2.05) is 19.1 Å². The minimum Gasteiger partial charge on any atom is -0.507 e. The van der Waals surface area contributed by atoms with E-state index < -0.39 is 17.7 Å². The first kappa shape index (κ1) is 25.6. The summed E-state index contributed by atoms with van der Waals surface area (Å²) in [6, 6.07) is 16.9. The summed E-state index contributed by atoms with van der Waals surface area (Å²) in [7, 11) is 1.58. The van der Waals surface area contributed by atoms with Crippen LogP contribution in [0.4, 0.5) is 5.13 Å². The molecule has 3 aromatic carbocycles. The van der Waals surface area contributed by atoms with Gasteiger partial charge < -0.3 is 19.3 Å². The van der Waals surface area contributed by atoms with Crippen molar-refractivity contribution in [1.82, 2.24) is 4.98 Å². The van der Waals surface area contributed by atoms with Crippen LogP contribution in [-0.4, -0.2) is 41.6 Å². The van der Waals surface area contributed by atoms with Crippen molar-refractivity contribution in [2.75, 3.05) is 18.6 Å². The van der Waals surface area contributed by atoms with Crippen molar-refractivity contribution in [3.63, 3.8) is 0 Å². The van der Waals surface area contributed by atoms with Gasteiger partial charge in [0.15, 0.2) is 5.13 Å². The third-order valence-corrected chi connectivity index (χ3v) is 7.96. The molecule has 2 aliphatic rings. The fourth-order valence-electron chi connectivity index (χ4n) is 5.12. The second-order valence-corrected chi connectivity index (χ2v) is 10.6. The summed E-state index contributed by atoms with van der Waals surface area (Å²) in [5.41, 5.74) is 2.61. The third kappa shape index (κ3) is 4.38. The predicted octanol–water partition coefficient (Wildman–Crippen LogP) is 5.82. The van der Waals surface area contributed by atoms with Gasteiger partial charge in [0.25, 0.3) is 5.78 Å². The molecule has 8 nitrogen and oxygen atoms in total. The molecular weight excluding hydrogens is 528 g/mol. The number of thiazole rings is 1. The van der Waals surface area contributed by atoms with Crippen molar-refractivity contribution in [3.05, 3.63) is 95.6 Å². The number of ketones is 1. The van der Waals surface area contributed by atoms with Gasteiger partial charge in [-0.3, -0.25) is 14.5 Å². The molecule has 1 amide bonds. The van der Waals surface area contributed by atoms with Crippen LogP contribution in [0.1, 0.15) is 29.7 Å². The number of aliphatic hydroxyl groups is 1. The minimum absolute atomic E-state index is 0.0189. The number of fused-ring (bicyclic) bond motifs is 2. The van der Waals surface area contributed by atoms with E-state index in [2.05, 4.69) is 11.6 Å². The molecule has 4 aromatic rings. The lowest BCUT2D eigenvalue weighted by Gasteiger charge is -2.23. The molecule has 0 unspecified atom stereocenters. The van der Waals surface area contributed by atoms with E-state index >= 15 is 0 Å². The van der Waals surface area contributed by atoms with Gasteiger partial charge in [0, 0.05) is 12.0 Å². The van der Waals surface area contributed by atoms with Gasteiger partial charge in [0.1, 0.15) is 35.7 Å². The Kier molecular flexibility index (Phi) is 6.51. The second kappa shape index (κ2) is 10.2. The molecule has 1 fully saturated rings. The summed E-state index contributed by atoms with van der Waals surface area (Å²) in [4.78, 5) is 33.3. The van der Waals surface area contributed by atoms with Crippen LogP contribution in [0.15, 0.2) is 78.9 Å². The Labute approximate surface area is 234 Å². The second-order valence-electron chi connectivity index (χ2n) is 9.63. The number of carbonyl (C=O) groups excluding carboxylic acids is 2. The van der Waals surface area contributed by atoms with E-state index in [0.29, 0.717) is 46.3 Å². The van der Waals surface area contributed by atoms with Crippen molar-refractivity contribution in [2.45, 2.75) is 25.5 Å². The molecule has 0 radical (unpaired) electrons. The number of rotatable bonds is 7. The summed E-state index contributed by atoms with van der Waals surface area (Å²) in [6.07, 6.45) is 2.34. The van der Waals surface area contributed by atoms with Gasteiger partial charge >= 0.3 is 5.91 Å². The van der Waals surface area contributed by atoms with Crippen molar-refractivity contribution in [1.29, 1.82) is 0 Å². The highest BCUT2D eigenvalue weighted by molar-refractivity contribution is 7.22. The van der Waals surface area contributed by atoms with Crippen LogP contribution in [0.25, 0.3) is 16.0 Å². The quantitative estimate of drug-likeness (QED) is 0.133. The van der Waals surface area contributed by atoms with Crippen LogP contribution in [0.5, 0.6) is 17.2 Å². The lowest BCUT2D eigenvalue weighted by Crippen LogP contribution is -2.29. The summed E-state index contributed by atoms with van der Waals surface area (Å²) in [5.74, 6) is 0.130. The number of ether oxygens (including phenoxy) is 3. The van der Waals surface area contributed by atoms with E-state index in [1.54, 1.807) is 61.7 Å². The maximum Gasteiger partial charge on any atom is 0.301 e. The Morgan fingerprint density at radius 1 is 1.18 bits per heavy atom. The number of hydrogen-bond acceptors (Lipinski definition) is 8. The van der Waals surface area contributed by atoms with Crippen LogP contribution < -0.4 is 19.1 Å². The Morgan fingerprint density at radius 3 is 2.83 bits per heavy atom. The molecular formula is C31H26N2O6S. The monoisotopic (exact) mass is 554 g/mol. The smallest absolute Gasteiger partial charge is 0.301 e. The Balaban J connectivity index is 1.52. The van der Waals surface area contributed by atoms with Gasteiger partial charge in [0.05, 0.1) is 28.9 Å². The van der Waals surface area contributed by atoms with Crippen molar-refractivity contribution < 1.29 is 28.9 Å². The fraction of sp³-hybridized carbons (Fsp3) is 0.194. The zero-order chi connectivity index (χ0) is 28.0. The molecule has 1 saturated heterocycles. The van der Waals surface area contributed by atoms with Crippen LogP contribution in [0, 0.1) is 0 Å². The number of Topliss-reactive ketones (excluding diaryl/α,β-unsaturated/α-hetero) is 1. The average molecular weight is 555 g/mol. The molecule has 1 N–H and O–H groups in total. The zero-order valence-corrected chi connectivity index (χ0v) is 22.7. The highest BCUT2D eigenvalue weighted by Gasteiger charge is 2.48. The number of carbonyl (C=O) groups is 2. The van der Waals surface area contributed by atoms with Gasteiger partial charge in [-0.05, 0) is 66.6 Å². The van der Waals surface area contributed by atoms with Gasteiger partial charge in [-0.1, -0.05) is 36.1 Å². The topological polar surface area (TPSA) is 98.2 Å². The molecule has 0 saturated carbocycles. The lowest BCUT2D eigenvalue weighted by atomic mass is 9.94. The number of hydrogen-bond donors (Lipinski definition) is 1. The normalized spacial score (nSPS) is 19.5. The van der Waals surface area contributed by atoms with E-state index in [-0.39, 0.29) is 17.4 Å². The number of benzene rings is 3. The third-order valence-electron chi connectivity index (χ3n) is 6.95. The first-order valence-corrected chi connectivity index (χ1v) is 13.6. The van der Waals surface area contributed by atoms with Crippen molar-refractivity contribution >= 4 is 44.1 Å². The van der Waals surface area contributed by atoms with E-state index in [9.17, 15) is 14.7 Å². The fourth-order valence-corrected chi connectivity index (χ4v) is 6.14. The average Bonchev–Trinajstić information content (AvgIpc) is 3.63. The molecule has 1 aromatic heterocycles. The van der Waals surface area contributed by atoms with Crippen LogP contribution in [0.2, 0.25) is 0 Å². The summed E-state index contributed by atoms with van der Waals surface area (Å²) < 4.78 is 17.7. The summed E-state index contributed by atoms with van der Waals surface area (Å²) >= 11 is 1.27. The summed E-state index contributed by atoms with van der Waals surface area (Å²) in [6.45, 7) is 5.95. The van der Waals surface area contributed by atoms with E-state index in [1.165, 1.54) is 16.2 Å². The molecule has 2 aliphatic heterocycles. The lowest BCUT2D eigenvalue weighted by molar-refractivity contribution is -0.132. The molecule has 0 spiro atoms. The van der Waals surface area contributed by atoms with Crippen LogP contribution >= 0.6 is 11.3 Å². The number of nitrogens with zero attached hydrogens (tertiary/aromatic N) is 2. The van der Waals surface area contributed by atoms with Crippen molar-refractivity contribution in [3.8, 4) is 17.2 Å². The number of amides is 1. The number of aromatic nitrogens is 1.